The Labute approximate surface area is 146 Å². The first kappa shape index (κ1) is 18.6. The van der Waals surface area contributed by atoms with Gasteiger partial charge in [-0.1, -0.05) is 6.07 Å². The lowest BCUT2D eigenvalue weighted by atomic mass is 10.1. The minimum Gasteiger partial charge on any atom is -0.395 e. The number of imide groups is 1. The number of benzene rings is 1. The zero-order valence-corrected chi connectivity index (χ0v) is 14.5. The quantitative estimate of drug-likeness (QED) is 0.608. The molecule has 25 heavy (non-hydrogen) atoms. The van der Waals surface area contributed by atoms with Crippen molar-refractivity contribution in [2.45, 2.75) is 6.92 Å². The van der Waals surface area contributed by atoms with Gasteiger partial charge in [0.05, 0.1) is 19.7 Å². The van der Waals surface area contributed by atoms with E-state index >= 15 is 0 Å². The molecule has 0 atom stereocenters. The van der Waals surface area contributed by atoms with Gasteiger partial charge in [0.2, 0.25) is 5.91 Å². The minimum absolute atomic E-state index is 0.0427. The Morgan fingerprint density at radius 1 is 1.28 bits per heavy atom. The molecule has 0 aromatic heterocycles. The predicted octanol–water partition coefficient (Wildman–Crippen LogP) is 0.152. The second-order valence-electron chi connectivity index (χ2n) is 6.02. The van der Waals surface area contributed by atoms with Crippen molar-refractivity contribution >= 4 is 29.1 Å². The second-order valence-corrected chi connectivity index (χ2v) is 6.02. The third kappa shape index (κ3) is 4.65. The lowest BCUT2D eigenvalue weighted by molar-refractivity contribution is -0.137. The van der Waals surface area contributed by atoms with Gasteiger partial charge in [-0.25, -0.2) is 0 Å². The molecule has 1 aromatic rings. The van der Waals surface area contributed by atoms with Crippen LogP contribution >= 0.6 is 0 Å². The van der Waals surface area contributed by atoms with Gasteiger partial charge in [0, 0.05) is 17.5 Å². The number of hydrogen-bond donors (Lipinski definition) is 3. The van der Waals surface area contributed by atoms with E-state index in [2.05, 4.69) is 10.6 Å². The molecule has 0 spiro atoms. The maximum Gasteiger partial charge on any atom is 0.277 e. The largest absolute Gasteiger partial charge is 0.395 e. The number of nitrogens with one attached hydrogen (secondary N) is 2. The van der Waals surface area contributed by atoms with Crippen LogP contribution < -0.4 is 10.6 Å². The molecule has 8 heteroatoms. The summed E-state index contributed by atoms with van der Waals surface area (Å²) in [5.41, 5.74) is 2.19. The van der Waals surface area contributed by atoms with E-state index in [1.165, 1.54) is 6.08 Å². The number of rotatable bonds is 7. The fourth-order valence-corrected chi connectivity index (χ4v) is 2.38. The summed E-state index contributed by atoms with van der Waals surface area (Å²) in [6.45, 7) is 1.77. The van der Waals surface area contributed by atoms with E-state index in [1.807, 2.05) is 6.92 Å². The van der Waals surface area contributed by atoms with Gasteiger partial charge in [-0.05, 0) is 38.7 Å². The molecule has 1 aromatic carbocycles. The number of nitrogens with zero attached hydrogens (tertiary/aromatic N) is 2. The van der Waals surface area contributed by atoms with Gasteiger partial charge in [0.25, 0.3) is 11.8 Å². The maximum atomic E-state index is 12.2. The number of aryl methyl sites for hydroxylation is 1. The Morgan fingerprint density at radius 3 is 2.64 bits per heavy atom. The van der Waals surface area contributed by atoms with Gasteiger partial charge >= 0.3 is 0 Å². The number of amides is 3. The summed E-state index contributed by atoms with van der Waals surface area (Å²) in [5, 5.41) is 14.6. The lowest BCUT2D eigenvalue weighted by Crippen LogP contribution is -2.34. The van der Waals surface area contributed by atoms with Crippen LogP contribution in [0.4, 0.5) is 11.4 Å². The zero-order valence-electron chi connectivity index (χ0n) is 14.5. The number of aliphatic hydroxyl groups is 1. The van der Waals surface area contributed by atoms with Crippen LogP contribution in [0.5, 0.6) is 0 Å². The molecule has 0 unspecified atom stereocenters. The molecule has 0 fully saturated rings. The number of carbonyl (C=O) groups is 3. The van der Waals surface area contributed by atoms with Crippen LogP contribution in [-0.4, -0.2) is 66.4 Å². The molecule has 1 aliphatic heterocycles. The highest BCUT2D eigenvalue weighted by molar-refractivity contribution is 6.17. The molecule has 0 saturated carbocycles. The highest BCUT2D eigenvalue weighted by Crippen LogP contribution is 2.24. The summed E-state index contributed by atoms with van der Waals surface area (Å²) in [4.78, 5) is 38.6. The molecule has 0 radical (unpaired) electrons. The number of likely N-dealkylation sites (N-methyl/N-ethyl adjacent to an activating group) is 1. The minimum atomic E-state index is -0.486. The average Bonchev–Trinajstić information content (AvgIpc) is 2.78. The third-order valence-electron chi connectivity index (χ3n) is 3.58. The molecule has 0 aliphatic carbocycles. The van der Waals surface area contributed by atoms with Gasteiger partial charge in [0.15, 0.2) is 0 Å². The number of anilines is 2. The molecule has 0 saturated heterocycles. The van der Waals surface area contributed by atoms with Crippen molar-refractivity contribution in [2.24, 2.45) is 0 Å². The molecular weight excluding hydrogens is 324 g/mol. The Kier molecular flexibility index (Phi) is 5.89. The second kappa shape index (κ2) is 7.91. The fourth-order valence-electron chi connectivity index (χ4n) is 2.38. The van der Waals surface area contributed by atoms with Crippen molar-refractivity contribution in [1.82, 2.24) is 9.80 Å². The molecule has 0 bridgehead atoms. The van der Waals surface area contributed by atoms with Crippen LogP contribution in [0.15, 0.2) is 30.0 Å². The van der Waals surface area contributed by atoms with Crippen LogP contribution in [0.2, 0.25) is 0 Å². The molecule has 134 valence electrons. The van der Waals surface area contributed by atoms with Crippen molar-refractivity contribution in [3.05, 3.63) is 35.5 Å². The van der Waals surface area contributed by atoms with Gasteiger partial charge < -0.3 is 20.6 Å². The molecule has 1 heterocycles. The molecule has 8 nitrogen and oxygen atoms in total. The number of hydrogen-bond acceptors (Lipinski definition) is 6. The standard InChI is InChI=1S/C17H22N4O4/c1-11-4-5-12(18-15(23)10-20(2)3)8-13(11)19-14-9-16(24)21(6-7-22)17(14)25/h4-5,8-9,19,22H,6-7,10H2,1-3H3,(H,18,23). The SMILES string of the molecule is Cc1ccc(NC(=O)CN(C)C)cc1NC1=CC(=O)N(CCO)C1=O. The molecule has 2 rings (SSSR count). The van der Waals surface area contributed by atoms with Crippen LogP contribution in [-0.2, 0) is 14.4 Å². The van der Waals surface area contributed by atoms with Crippen molar-refractivity contribution < 1.29 is 19.5 Å². The lowest BCUT2D eigenvalue weighted by Gasteiger charge is -2.15. The Morgan fingerprint density at radius 2 is 2.00 bits per heavy atom. The summed E-state index contributed by atoms with van der Waals surface area (Å²) in [5.74, 6) is -1.10. The molecule has 3 N–H and O–H groups in total. The molecule has 1 aliphatic rings. The van der Waals surface area contributed by atoms with Crippen LogP contribution in [0.1, 0.15) is 5.56 Å². The van der Waals surface area contributed by atoms with Crippen molar-refractivity contribution in [3.63, 3.8) is 0 Å². The summed E-state index contributed by atoms with van der Waals surface area (Å²) >= 11 is 0. The van der Waals surface area contributed by atoms with Gasteiger partial charge in [-0.15, -0.1) is 0 Å². The van der Waals surface area contributed by atoms with Crippen LogP contribution in [0, 0.1) is 6.92 Å². The van der Waals surface area contributed by atoms with E-state index in [1.54, 1.807) is 37.2 Å². The average molecular weight is 346 g/mol. The highest BCUT2D eigenvalue weighted by Gasteiger charge is 2.30. The van der Waals surface area contributed by atoms with Crippen LogP contribution in [0.25, 0.3) is 0 Å². The summed E-state index contributed by atoms with van der Waals surface area (Å²) in [6, 6.07) is 5.28. The van der Waals surface area contributed by atoms with Gasteiger partial charge in [0.1, 0.15) is 5.70 Å². The predicted molar refractivity (Wildman–Crippen MR) is 93.9 cm³/mol. The van der Waals surface area contributed by atoms with E-state index in [9.17, 15) is 14.4 Å². The zero-order chi connectivity index (χ0) is 18.6. The van der Waals surface area contributed by atoms with Crippen molar-refractivity contribution in [3.8, 4) is 0 Å². The first-order valence-electron chi connectivity index (χ1n) is 7.82. The fraction of sp³-hybridized carbons (Fsp3) is 0.353. The Balaban J connectivity index is 2.13. The maximum absolute atomic E-state index is 12.2. The highest BCUT2D eigenvalue weighted by atomic mass is 16.3. The summed E-state index contributed by atoms with van der Waals surface area (Å²) < 4.78 is 0. The van der Waals surface area contributed by atoms with Crippen molar-refractivity contribution in [2.75, 3.05) is 44.4 Å². The Bertz CT molecular complexity index is 727. The number of β-amino-alcohol motifs (C(OH)–C–C–N with tert-alkyl or cyclic N) is 1. The van der Waals surface area contributed by atoms with Crippen LogP contribution in [0.3, 0.4) is 0 Å². The monoisotopic (exact) mass is 346 g/mol. The van der Waals surface area contributed by atoms with Crippen molar-refractivity contribution in [1.29, 1.82) is 0 Å². The first-order chi connectivity index (χ1) is 11.8. The van der Waals surface area contributed by atoms with E-state index in [4.69, 9.17) is 5.11 Å². The summed E-state index contributed by atoms with van der Waals surface area (Å²) in [7, 11) is 3.60. The smallest absolute Gasteiger partial charge is 0.277 e. The number of aliphatic hydroxyl groups excluding tert-OH is 1. The first-order valence-corrected chi connectivity index (χ1v) is 7.82. The van der Waals surface area contributed by atoms with Gasteiger partial charge in [-0.3, -0.25) is 19.3 Å². The Hall–Kier alpha value is -2.71. The van der Waals surface area contributed by atoms with Gasteiger partial charge in [-0.2, -0.15) is 0 Å². The topological polar surface area (TPSA) is 102 Å². The molecule has 3 amide bonds. The van der Waals surface area contributed by atoms with E-state index in [0.717, 1.165) is 10.5 Å². The third-order valence-corrected chi connectivity index (χ3v) is 3.58. The van der Waals surface area contributed by atoms with E-state index in [-0.39, 0.29) is 31.3 Å². The normalized spacial score (nSPS) is 14.1. The van der Waals surface area contributed by atoms with E-state index in [0.29, 0.717) is 11.4 Å². The molecular formula is C17H22N4O4. The number of carbonyl (C=O) groups excluding carboxylic acids is 3. The van der Waals surface area contributed by atoms with E-state index < -0.39 is 11.8 Å². The summed E-state index contributed by atoms with van der Waals surface area (Å²) in [6.07, 6.45) is 1.20.